The van der Waals surface area contributed by atoms with Gasteiger partial charge < -0.3 is 15.5 Å². The second-order valence-corrected chi connectivity index (χ2v) is 3.94. The predicted molar refractivity (Wildman–Crippen MR) is 61.1 cm³/mol. The topological polar surface area (TPSA) is 68.1 Å². The number of aromatic amines is 1. The fraction of sp³-hybridized carbons (Fsp3) is 0.100. The monoisotopic (exact) mass is 268 g/mol. The third-order valence-corrected chi connectivity index (χ3v) is 2.85. The number of hydrogen-bond donors (Lipinski definition) is 2. The molecular weight excluding hydrogens is 260 g/mol. The van der Waals surface area contributed by atoms with Gasteiger partial charge in [0.15, 0.2) is 0 Å². The first-order valence-electron chi connectivity index (χ1n) is 4.28. The van der Waals surface area contributed by atoms with Crippen molar-refractivity contribution in [1.29, 1.82) is 0 Å². The molecular formula is C10H9BrN2O2. The van der Waals surface area contributed by atoms with Crippen LogP contribution >= 0.6 is 15.9 Å². The molecule has 4 nitrogen and oxygen atoms in total. The first-order valence-corrected chi connectivity index (χ1v) is 5.08. The fourth-order valence-electron chi connectivity index (χ4n) is 1.47. The molecule has 1 heterocycles. The number of ether oxygens (including phenoxy) is 1. The number of nitrogens with two attached hydrogens (primary N) is 1. The number of aromatic nitrogens is 1. The fourth-order valence-corrected chi connectivity index (χ4v) is 1.91. The van der Waals surface area contributed by atoms with Gasteiger partial charge in [0.2, 0.25) is 0 Å². The number of halogens is 1. The molecule has 2 aromatic rings. The summed E-state index contributed by atoms with van der Waals surface area (Å²) in [7, 11) is 1.58. The van der Waals surface area contributed by atoms with E-state index in [1.54, 1.807) is 13.2 Å². The van der Waals surface area contributed by atoms with E-state index in [2.05, 4.69) is 20.9 Å². The zero-order chi connectivity index (χ0) is 11.0. The summed E-state index contributed by atoms with van der Waals surface area (Å²) in [6, 6.07) is 5.36. The Morgan fingerprint density at radius 1 is 1.53 bits per heavy atom. The molecule has 0 saturated heterocycles. The summed E-state index contributed by atoms with van der Waals surface area (Å²) >= 11 is 3.38. The maximum absolute atomic E-state index is 11.0. The molecule has 5 heteroatoms. The van der Waals surface area contributed by atoms with Crippen molar-refractivity contribution in [3.8, 4) is 5.75 Å². The quantitative estimate of drug-likeness (QED) is 0.875. The van der Waals surface area contributed by atoms with Crippen LogP contribution in [0.3, 0.4) is 0 Å². The molecule has 1 aromatic heterocycles. The van der Waals surface area contributed by atoms with Gasteiger partial charge in [-0.15, -0.1) is 0 Å². The Kier molecular flexibility index (Phi) is 2.40. The molecule has 0 spiro atoms. The lowest BCUT2D eigenvalue weighted by Crippen LogP contribution is -2.10. The molecule has 0 radical (unpaired) electrons. The number of rotatable bonds is 2. The molecule has 0 aliphatic rings. The minimum atomic E-state index is -0.486. The summed E-state index contributed by atoms with van der Waals surface area (Å²) in [4.78, 5) is 14.0. The van der Waals surface area contributed by atoms with E-state index in [1.165, 1.54) is 0 Å². The second-order valence-electron chi connectivity index (χ2n) is 3.09. The maximum Gasteiger partial charge on any atom is 0.265 e. The zero-order valence-electron chi connectivity index (χ0n) is 8.00. The number of methoxy groups -OCH3 is 1. The molecule has 1 aromatic carbocycles. The lowest BCUT2D eigenvalue weighted by Gasteiger charge is -2.01. The van der Waals surface area contributed by atoms with Crippen molar-refractivity contribution in [2.75, 3.05) is 7.11 Å². The number of amides is 1. The molecule has 0 aliphatic heterocycles. The van der Waals surface area contributed by atoms with Gasteiger partial charge in [0, 0.05) is 9.86 Å². The molecule has 15 heavy (non-hydrogen) atoms. The van der Waals surface area contributed by atoms with Crippen molar-refractivity contribution >= 4 is 32.7 Å². The average Bonchev–Trinajstić information content (AvgIpc) is 2.64. The van der Waals surface area contributed by atoms with Gasteiger partial charge in [-0.25, -0.2) is 0 Å². The van der Waals surface area contributed by atoms with Crippen molar-refractivity contribution in [2.45, 2.75) is 0 Å². The molecule has 2 rings (SSSR count). The van der Waals surface area contributed by atoms with E-state index in [4.69, 9.17) is 10.5 Å². The number of fused-ring (bicyclic) bond motifs is 1. The summed E-state index contributed by atoms with van der Waals surface area (Å²) in [5.74, 6) is 0.220. The highest BCUT2D eigenvalue weighted by atomic mass is 79.9. The first kappa shape index (κ1) is 10.0. The number of H-pyrrole nitrogens is 1. The highest BCUT2D eigenvalue weighted by molar-refractivity contribution is 9.10. The Morgan fingerprint density at radius 2 is 2.27 bits per heavy atom. The standard InChI is InChI=1S/C10H9BrN2O2/c1-15-8-3-2-6(11)9-5(8)4-7(13-9)10(12)14/h2-4,13H,1H3,(H2,12,14). The molecule has 0 fully saturated rings. The smallest absolute Gasteiger partial charge is 0.265 e. The Balaban J connectivity index is 2.77. The van der Waals surface area contributed by atoms with Crippen LogP contribution in [-0.4, -0.2) is 18.0 Å². The van der Waals surface area contributed by atoms with E-state index in [-0.39, 0.29) is 0 Å². The van der Waals surface area contributed by atoms with Crippen LogP contribution in [0.4, 0.5) is 0 Å². The Hall–Kier alpha value is -1.49. The van der Waals surface area contributed by atoms with Crippen molar-refractivity contribution in [3.63, 3.8) is 0 Å². The van der Waals surface area contributed by atoms with Gasteiger partial charge in [0.05, 0.1) is 12.6 Å². The number of carbonyl (C=O) groups is 1. The van der Waals surface area contributed by atoms with Gasteiger partial charge in [-0.05, 0) is 34.1 Å². The predicted octanol–water partition coefficient (Wildman–Crippen LogP) is 2.04. The van der Waals surface area contributed by atoms with Crippen LogP contribution in [0.2, 0.25) is 0 Å². The van der Waals surface area contributed by atoms with Gasteiger partial charge >= 0.3 is 0 Å². The van der Waals surface area contributed by atoms with Gasteiger partial charge in [-0.2, -0.15) is 0 Å². The van der Waals surface area contributed by atoms with Crippen molar-refractivity contribution in [3.05, 3.63) is 28.4 Å². The van der Waals surface area contributed by atoms with E-state index >= 15 is 0 Å². The summed E-state index contributed by atoms with van der Waals surface area (Å²) in [5.41, 5.74) is 6.37. The van der Waals surface area contributed by atoms with E-state index in [9.17, 15) is 4.79 Å². The summed E-state index contributed by atoms with van der Waals surface area (Å²) in [6.07, 6.45) is 0. The highest BCUT2D eigenvalue weighted by Gasteiger charge is 2.11. The third kappa shape index (κ3) is 1.59. The summed E-state index contributed by atoms with van der Waals surface area (Å²) in [6.45, 7) is 0. The molecule has 0 bridgehead atoms. The molecule has 1 amide bonds. The SMILES string of the molecule is COc1ccc(Br)c2[nH]c(C(N)=O)cc12. The van der Waals surface area contributed by atoms with Crippen LogP contribution in [0, 0.1) is 0 Å². The van der Waals surface area contributed by atoms with Gasteiger partial charge in [-0.3, -0.25) is 4.79 Å². The minimum absolute atomic E-state index is 0.371. The van der Waals surface area contributed by atoms with E-state index in [1.807, 2.05) is 12.1 Å². The normalized spacial score (nSPS) is 10.5. The van der Waals surface area contributed by atoms with Gasteiger partial charge in [-0.1, -0.05) is 0 Å². The van der Waals surface area contributed by atoms with Gasteiger partial charge in [0.1, 0.15) is 11.4 Å². The molecule has 0 unspecified atom stereocenters. The van der Waals surface area contributed by atoms with Crippen LogP contribution in [-0.2, 0) is 0 Å². The average molecular weight is 269 g/mol. The molecule has 0 saturated carbocycles. The molecule has 0 atom stereocenters. The lowest BCUT2D eigenvalue weighted by molar-refractivity contribution is 0.0996. The highest BCUT2D eigenvalue weighted by Crippen LogP contribution is 2.31. The number of benzene rings is 1. The number of nitrogens with one attached hydrogen (secondary N) is 1. The summed E-state index contributed by atoms with van der Waals surface area (Å²) in [5, 5.41) is 0.834. The number of hydrogen-bond acceptors (Lipinski definition) is 2. The number of primary amides is 1. The molecule has 0 aliphatic carbocycles. The maximum atomic E-state index is 11.0. The van der Waals surface area contributed by atoms with Crippen molar-refractivity contribution in [1.82, 2.24) is 4.98 Å². The molecule has 3 N–H and O–H groups in total. The van der Waals surface area contributed by atoms with Crippen molar-refractivity contribution in [2.24, 2.45) is 5.73 Å². The van der Waals surface area contributed by atoms with Gasteiger partial charge in [0.25, 0.3) is 5.91 Å². The Labute approximate surface area is 94.5 Å². The third-order valence-electron chi connectivity index (χ3n) is 2.19. The Bertz CT molecular complexity index is 533. The largest absolute Gasteiger partial charge is 0.496 e. The van der Waals surface area contributed by atoms with E-state index in [0.29, 0.717) is 11.4 Å². The minimum Gasteiger partial charge on any atom is -0.496 e. The molecule has 78 valence electrons. The van der Waals surface area contributed by atoms with E-state index in [0.717, 1.165) is 15.4 Å². The van der Waals surface area contributed by atoms with Crippen LogP contribution in [0.15, 0.2) is 22.7 Å². The van der Waals surface area contributed by atoms with Crippen LogP contribution < -0.4 is 10.5 Å². The summed E-state index contributed by atoms with van der Waals surface area (Å²) < 4.78 is 6.05. The number of carbonyl (C=O) groups excluding carboxylic acids is 1. The van der Waals surface area contributed by atoms with E-state index < -0.39 is 5.91 Å². The van der Waals surface area contributed by atoms with Crippen LogP contribution in [0.1, 0.15) is 10.5 Å². The first-order chi connectivity index (χ1) is 7.13. The Morgan fingerprint density at radius 3 is 2.87 bits per heavy atom. The second kappa shape index (κ2) is 3.58. The van der Waals surface area contributed by atoms with Crippen LogP contribution in [0.25, 0.3) is 10.9 Å². The lowest BCUT2D eigenvalue weighted by atomic mass is 10.2. The van der Waals surface area contributed by atoms with Crippen molar-refractivity contribution < 1.29 is 9.53 Å². The van der Waals surface area contributed by atoms with Crippen LogP contribution in [0.5, 0.6) is 5.75 Å². The zero-order valence-corrected chi connectivity index (χ0v) is 9.59.